The molecule has 146 valence electrons. The molecule has 0 bridgehead atoms. The van der Waals surface area contributed by atoms with Gasteiger partial charge in [0.05, 0.1) is 12.1 Å². The fourth-order valence-electron chi connectivity index (χ4n) is 5.00. The predicted octanol–water partition coefficient (Wildman–Crippen LogP) is 5.29. The lowest BCUT2D eigenvalue weighted by atomic mass is 10.1. The summed E-state index contributed by atoms with van der Waals surface area (Å²) in [6.07, 6.45) is 1.89. The Labute approximate surface area is 179 Å². The highest BCUT2D eigenvalue weighted by atomic mass is 15.3. The average molecular weight is 399 g/mol. The molecule has 1 aliphatic rings. The predicted molar refractivity (Wildman–Crippen MR) is 123 cm³/mol. The number of rotatable bonds is 2. The number of pyridine rings is 1. The first kappa shape index (κ1) is 16.6. The third kappa shape index (κ3) is 2.19. The number of fused-ring (bicyclic) bond motifs is 7. The van der Waals surface area contributed by atoms with Gasteiger partial charge in [0.1, 0.15) is 22.4 Å². The molecule has 4 heteroatoms. The molecule has 0 radical (unpaired) electrons. The molecule has 4 heterocycles. The molecule has 3 aromatic heterocycles. The van der Waals surface area contributed by atoms with Crippen LogP contribution >= 0.6 is 0 Å². The van der Waals surface area contributed by atoms with Gasteiger partial charge in [-0.25, -0.2) is 18.7 Å². The molecule has 6 aromatic rings. The second kappa shape index (κ2) is 6.16. The average Bonchev–Trinajstić information content (AvgIpc) is 3.47. The Hall–Kier alpha value is -4.18. The first-order valence-electron chi connectivity index (χ1n) is 10.5. The van der Waals surface area contributed by atoms with Crippen LogP contribution in [0.5, 0.6) is 0 Å². The normalized spacial score (nSPS) is 12.4. The summed E-state index contributed by atoms with van der Waals surface area (Å²) in [4.78, 5) is 4.86. The fourth-order valence-corrected chi connectivity index (χ4v) is 5.00. The van der Waals surface area contributed by atoms with E-state index < -0.39 is 0 Å². The van der Waals surface area contributed by atoms with Crippen LogP contribution < -0.4 is 4.57 Å². The highest BCUT2D eigenvalue weighted by molar-refractivity contribution is 6.04. The Kier molecular flexibility index (Phi) is 3.30. The highest BCUT2D eigenvalue weighted by Crippen LogP contribution is 2.38. The van der Waals surface area contributed by atoms with E-state index in [1.165, 1.54) is 22.6 Å². The zero-order valence-corrected chi connectivity index (χ0v) is 16.8. The molecule has 3 aromatic carbocycles. The first-order chi connectivity index (χ1) is 15.4. The Morgan fingerprint density at radius 2 is 1.35 bits per heavy atom. The molecule has 1 aliphatic heterocycles. The van der Waals surface area contributed by atoms with Crippen molar-refractivity contribution in [3.8, 4) is 22.8 Å². The number of benzene rings is 3. The molecule has 0 aliphatic carbocycles. The molecule has 0 saturated carbocycles. The van der Waals surface area contributed by atoms with Crippen LogP contribution in [0.15, 0.2) is 103 Å². The number of nitrogens with zero attached hydrogens (tertiary/aromatic N) is 4. The van der Waals surface area contributed by atoms with E-state index in [-0.39, 0.29) is 0 Å². The number of para-hydroxylation sites is 2. The smallest absolute Gasteiger partial charge is 0.249 e. The lowest BCUT2D eigenvalue weighted by Gasteiger charge is -2.04. The van der Waals surface area contributed by atoms with Crippen molar-refractivity contribution in [2.75, 3.05) is 0 Å². The quantitative estimate of drug-likeness (QED) is 0.363. The molecule has 0 N–H and O–H groups in total. The van der Waals surface area contributed by atoms with Gasteiger partial charge in [-0.1, -0.05) is 54.6 Å². The summed E-state index contributed by atoms with van der Waals surface area (Å²) in [5, 5.41) is 0. The monoisotopic (exact) mass is 399 g/mol. The maximum absolute atomic E-state index is 4.86. The van der Waals surface area contributed by atoms with Gasteiger partial charge in [-0.2, -0.15) is 0 Å². The van der Waals surface area contributed by atoms with Gasteiger partial charge in [0, 0.05) is 11.8 Å². The highest BCUT2D eigenvalue weighted by Gasteiger charge is 2.37. The summed E-state index contributed by atoms with van der Waals surface area (Å²) in [5.74, 6) is 1.21. The first-order valence-corrected chi connectivity index (χ1v) is 10.5. The largest absolute Gasteiger partial charge is 0.277 e. The number of aromatic nitrogens is 4. The van der Waals surface area contributed by atoms with Crippen LogP contribution in [0, 0.1) is 0 Å². The minimum absolute atomic E-state index is 0.852. The summed E-state index contributed by atoms with van der Waals surface area (Å²) >= 11 is 0. The van der Waals surface area contributed by atoms with E-state index in [1.807, 2.05) is 12.3 Å². The Morgan fingerprint density at radius 3 is 2.13 bits per heavy atom. The molecule has 0 amide bonds. The van der Waals surface area contributed by atoms with Crippen molar-refractivity contribution in [1.82, 2.24) is 14.1 Å². The van der Waals surface area contributed by atoms with Crippen molar-refractivity contribution < 1.29 is 4.57 Å². The second-order valence-corrected chi connectivity index (χ2v) is 7.95. The van der Waals surface area contributed by atoms with Gasteiger partial charge in [0.2, 0.25) is 11.3 Å². The molecular formula is C27H19N4+. The number of hydrogen-bond donors (Lipinski definition) is 0. The van der Waals surface area contributed by atoms with Crippen LogP contribution in [0.1, 0.15) is 5.56 Å². The number of imidazole rings is 1. The van der Waals surface area contributed by atoms with Crippen molar-refractivity contribution in [3.63, 3.8) is 0 Å². The Balaban J connectivity index is 1.73. The van der Waals surface area contributed by atoms with Crippen LogP contribution in [-0.2, 0) is 6.54 Å². The third-order valence-electron chi connectivity index (χ3n) is 6.24. The molecule has 4 nitrogen and oxygen atoms in total. The number of hydrogen-bond acceptors (Lipinski definition) is 1. The Morgan fingerprint density at radius 1 is 0.677 bits per heavy atom. The van der Waals surface area contributed by atoms with E-state index in [1.54, 1.807) is 0 Å². The summed E-state index contributed by atoms with van der Waals surface area (Å²) in [6.45, 7) is 0.852. The van der Waals surface area contributed by atoms with E-state index in [0.29, 0.717) is 0 Å². The van der Waals surface area contributed by atoms with Crippen LogP contribution in [0.4, 0.5) is 0 Å². The molecule has 0 saturated heterocycles. The van der Waals surface area contributed by atoms with Crippen LogP contribution in [0.25, 0.3) is 45.0 Å². The van der Waals surface area contributed by atoms with E-state index in [2.05, 4.69) is 105 Å². The second-order valence-electron chi connectivity index (χ2n) is 7.95. The van der Waals surface area contributed by atoms with Gasteiger partial charge in [-0.15, -0.1) is 0 Å². The standard InChI is InChI=1S/C27H19N4/c1-3-11-20(12-4-1)30-23-16-9-17-28-24(23)25-27(30)29-18-19-10-7-8-15-22(19)26(29)31(25)21-13-5-2-6-14-21/h1-17H,18H2/q+1. The maximum atomic E-state index is 4.86. The van der Waals surface area contributed by atoms with E-state index in [9.17, 15) is 0 Å². The lowest BCUT2D eigenvalue weighted by molar-refractivity contribution is -0.648. The zero-order chi connectivity index (χ0) is 20.4. The summed E-state index contributed by atoms with van der Waals surface area (Å²) in [7, 11) is 0. The van der Waals surface area contributed by atoms with Gasteiger partial charge in [0.25, 0.3) is 5.65 Å². The van der Waals surface area contributed by atoms with Crippen LogP contribution in [0.3, 0.4) is 0 Å². The van der Waals surface area contributed by atoms with Gasteiger partial charge >= 0.3 is 0 Å². The van der Waals surface area contributed by atoms with Crippen molar-refractivity contribution in [2.24, 2.45) is 0 Å². The minimum Gasteiger partial charge on any atom is -0.249 e. The SMILES string of the molecule is c1ccc(-n2c3[n+](c4c2c2ncccc2n4-c2ccccc2)Cc2ccccc2-3)cc1. The maximum Gasteiger partial charge on any atom is 0.277 e. The molecule has 0 fully saturated rings. The van der Waals surface area contributed by atoms with Crippen LogP contribution in [-0.4, -0.2) is 14.1 Å². The zero-order valence-electron chi connectivity index (χ0n) is 16.8. The van der Waals surface area contributed by atoms with Crippen molar-refractivity contribution >= 4 is 22.2 Å². The molecule has 31 heavy (non-hydrogen) atoms. The summed E-state index contributed by atoms with van der Waals surface area (Å²) in [6, 6.07) is 34.1. The molecule has 7 rings (SSSR count). The minimum atomic E-state index is 0.852. The molecule has 0 atom stereocenters. The topological polar surface area (TPSA) is 26.6 Å². The third-order valence-corrected chi connectivity index (χ3v) is 6.24. The van der Waals surface area contributed by atoms with Crippen molar-refractivity contribution in [2.45, 2.75) is 6.54 Å². The van der Waals surface area contributed by atoms with Gasteiger partial charge < -0.3 is 0 Å². The Bertz CT molecular complexity index is 1590. The van der Waals surface area contributed by atoms with E-state index >= 15 is 0 Å². The summed E-state index contributed by atoms with van der Waals surface area (Å²) in [5.41, 5.74) is 9.39. The van der Waals surface area contributed by atoms with Crippen molar-refractivity contribution in [3.05, 3.63) is 109 Å². The van der Waals surface area contributed by atoms with Crippen molar-refractivity contribution in [1.29, 1.82) is 0 Å². The van der Waals surface area contributed by atoms with Gasteiger partial charge in [-0.05, 0) is 42.5 Å². The van der Waals surface area contributed by atoms with E-state index in [0.717, 1.165) is 34.5 Å². The molecular weight excluding hydrogens is 380 g/mol. The van der Waals surface area contributed by atoms with Gasteiger partial charge in [-0.3, -0.25) is 0 Å². The summed E-state index contributed by atoms with van der Waals surface area (Å²) < 4.78 is 7.18. The molecule has 0 spiro atoms. The van der Waals surface area contributed by atoms with E-state index in [4.69, 9.17) is 4.98 Å². The van der Waals surface area contributed by atoms with Gasteiger partial charge in [0.15, 0.2) is 0 Å². The van der Waals surface area contributed by atoms with Crippen LogP contribution in [0.2, 0.25) is 0 Å². The fraction of sp³-hybridized carbons (Fsp3) is 0.0370. The molecule has 0 unspecified atom stereocenters. The lowest BCUT2D eigenvalue weighted by Crippen LogP contribution is -2.33.